The van der Waals surface area contributed by atoms with E-state index in [1.54, 1.807) is 56.9 Å². The number of aliphatic hydroxyl groups excluding tert-OH is 2. The van der Waals surface area contributed by atoms with Gasteiger partial charge in [-0.3, -0.25) is 33.9 Å². The number of ketones is 2. The number of hydrogen-bond acceptors (Lipinski definition) is 16. The van der Waals surface area contributed by atoms with E-state index in [0.717, 1.165) is 19.6 Å². The Kier molecular flexibility index (Phi) is 16.4. The number of benzene rings is 1. The van der Waals surface area contributed by atoms with Gasteiger partial charge in [-0.05, 0) is 52.8 Å². The lowest BCUT2D eigenvalue weighted by atomic mass is 9.81. The van der Waals surface area contributed by atoms with Crippen molar-refractivity contribution in [2.75, 3.05) is 73.0 Å². The van der Waals surface area contributed by atoms with Crippen molar-refractivity contribution in [1.29, 1.82) is 0 Å². The van der Waals surface area contributed by atoms with Crippen molar-refractivity contribution in [3.8, 4) is 11.5 Å². The normalized spacial score (nSPS) is 30.3. The van der Waals surface area contributed by atoms with E-state index in [1.165, 1.54) is 20.1 Å². The highest BCUT2D eigenvalue weighted by atomic mass is 16.7. The number of nitrogens with zero attached hydrogens (tertiary/aromatic N) is 5. The molecule has 0 saturated carbocycles. The highest BCUT2D eigenvalue weighted by molar-refractivity contribution is 6.34. The Balaban J connectivity index is 1.19. The Morgan fingerprint density at radius 1 is 0.944 bits per heavy atom. The van der Waals surface area contributed by atoms with E-state index in [1.807, 2.05) is 14.1 Å². The third-order valence-electron chi connectivity index (χ3n) is 15.0. The topological polar surface area (TPSA) is 223 Å². The van der Waals surface area contributed by atoms with Gasteiger partial charge in [-0.2, -0.15) is 0 Å². The third-order valence-corrected chi connectivity index (χ3v) is 15.0. The molecule has 1 aromatic rings. The van der Waals surface area contributed by atoms with Gasteiger partial charge in [0, 0.05) is 113 Å². The first-order chi connectivity index (χ1) is 33.5. The Bertz CT molecular complexity index is 2410. The highest BCUT2D eigenvalue weighted by Crippen LogP contribution is 2.50. The third kappa shape index (κ3) is 11.3. The number of aliphatic hydroxyl groups is 2. The largest absolute Gasteiger partial charge is 0.507 e. The molecule has 1 aliphatic carbocycles. The molecule has 0 aromatic heterocycles. The quantitative estimate of drug-likeness (QED) is 0.185. The Morgan fingerprint density at radius 3 is 2.30 bits per heavy atom. The van der Waals surface area contributed by atoms with E-state index in [9.17, 15) is 39.3 Å². The molecule has 5 bridgehead atoms. The number of allylic oxidation sites excluding steroid dienone is 5. The molecule has 1 aromatic carbocycles. The van der Waals surface area contributed by atoms with E-state index in [2.05, 4.69) is 39.2 Å². The Labute approximate surface area is 417 Å². The molecule has 18 nitrogen and oxygen atoms in total. The van der Waals surface area contributed by atoms with Gasteiger partial charge >= 0.3 is 11.8 Å². The molecule has 7 aliphatic rings. The fourth-order valence-electron chi connectivity index (χ4n) is 10.5. The molecule has 5 N–H and O–H groups in total. The molecule has 2 saturated heterocycles. The van der Waals surface area contributed by atoms with Crippen LogP contribution >= 0.6 is 0 Å². The molecule has 7 atom stereocenters. The molecule has 6 heterocycles. The van der Waals surface area contributed by atoms with Crippen molar-refractivity contribution in [3.05, 3.63) is 69.8 Å². The maximum Gasteiger partial charge on any atom is 0.315 e. The Morgan fingerprint density at radius 2 is 1.63 bits per heavy atom. The SMILES string of the molecule is C/C1=C/C=C/C(C)[C@H](O)[C@@H](C)C(O)[C@@H](C)[C@H](OC(=O)CC(=O)N2CCN(CCN(C)C)CC2)CC/C=C/O[C@@]2(C)Oc3c(C)c(O)c4c(c3C2=O)C2=NC3(CCN(CC(C)C)CC3)NC2=C(NC1=O)C4=O. The van der Waals surface area contributed by atoms with Crippen molar-refractivity contribution in [2.45, 2.75) is 117 Å². The van der Waals surface area contributed by atoms with Crippen molar-refractivity contribution in [2.24, 2.45) is 28.7 Å². The van der Waals surface area contributed by atoms with E-state index in [4.69, 9.17) is 19.2 Å². The molecular formula is C53H75N7O11. The first-order valence-corrected chi connectivity index (χ1v) is 25.3. The zero-order valence-corrected chi connectivity index (χ0v) is 43.2. The van der Waals surface area contributed by atoms with Crippen LogP contribution in [-0.4, -0.2) is 173 Å². The number of nitrogens with one attached hydrogen (secondary N) is 2. The van der Waals surface area contributed by atoms with Crippen LogP contribution < -0.4 is 15.4 Å². The summed E-state index contributed by atoms with van der Waals surface area (Å²) >= 11 is 0. The lowest BCUT2D eigenvalue weighted by Gasteiger charge is -2.38. The number of carbonyl (C=O) groups excluding carboxylic acids is 5. The molecule has 1 spiro atoms. The molecule has 2 fully saturated rings. The summed E-state index contributed by atoms with van der Waals surface area (Å²) in [5, 5.41) is 41.4. The number of carbonyl (C=O) groups is 5. The highest BCUT2D eigenvalue weighted by Gasteiger charge is 2.54. The molecule has 388 valence electrons. The number of aliphatic imine (C=N–C) groups is 1. The second-order valence-corrected chi connectivity index (χ2v) is 21.2. The monoisotopic (exact) mass is 986 g/mol. The number of esters is 1. The van der Waals surface area contributed by atoms with Crippen LogP contribution in [0.15, 0.2) is 52.5 Å². The summed E-state index contributed by atoms with van der Waals surface area (Å²) in [6.07, 6.45) is 5.81. The fraction of sp³-hybridized carbons (Fsp3) is 0.623. The number of piperazine rings is 1. The standard InChI is InChI=1S/C53H75N7O11/c1-30(2)29-59-19-17-53(18-20-59)55-42-39-40-47(65)35(7)49-41(39)50(67)52(8,71-49)69-27-12-11-16-36(70-38(62)28-37(61)60-25-23-58(24-26-60)22-21-57(9)10)33(5)46(64)34(6)45(63)31(3)14-13-15-32(4)51(68)54-44(48(40)66)43(42)56-53/h12-15,27,30-31,33-34,36,45-46,56,63-65H,11,16-26,28-29H2,1-10H3,(H,54,68)/b14-13+,27-12+,32-15-/t31?,33-,34+,36+,45-,46?,52-/m0/s1. The van der Waals surface area contributed by atoms with Crippen molar-refractivity contribution >= 4 is 35.1 Å². The zero-order chi connectivity index (χ0) is 51.7. The second-order valence-electron chi connectivity index (χ2n) is 21.2. The molecule has 0 radical (unpaired) electrons. The molecule has 71 heavy (non-hydrogen) atoms. The van der Waals surface area contributed by atoms with Gasteiger partial charge in [-0.15, -0.1) is 0 Å². The predicted octanol–water partition coefficient (Wildman–Crippen LogP) is 3.82. The van der Waals surface area contributed by atoms with E-state index in [0.29, 0.717) is 58.0 Å². The van der Waals surface area contributed by atoms with Crippen LogP contribution in [0, 0.1) is 30.6 Å². The minimum atomic E-state index is -1.95. The molecule has 8 rings (SSSR count). The Hall–Kier alpha value is -5.40. The van der Waals surface area contributed by atoms with Crippen molar-refractivity contribution in [1.82, 2.24) is 30.2 Å². The summed E-state index contributed by atoms with van der Waals surface area (Å²) < 4.78 is 18.4. The summed E-state index contributed by atoms with van der Waals surface area (Å²) in [4.78, 5) is 84.1. The van der Waals surface area contributed by atoms with Crippen molar-refractivity contribution in [3.63, 3.8) is 0 Å². The van der Waals surface area contributed by atoms with Crippen LogP contribution in [0.5, 0.6) is 11.5 Å². The number of rotatable bonds is 8. The number of amides is 2. The number of piperidine rings is 1. The summed E-state index contributed by atoms with van der Waals surface area (Å²) in [7, 11) is 4.03. The number of likely N-dealkylation sites (N-methyl/N-ethyl adjacent to an activating group) is 1. The van der Waals surface area contributed by atoms with Gasteiger partial charge in [0.2, 0.25) is 11.7 Å². The molecular weight excluding hydrogens is 911 g/mol. The molecule has 6 aliphatic heterocycles. The van der Waals surface area contributed by atoms with E-state index in [-0.39, 0.29) is 69.4 Å². The number of Topliss-reactive ketones (excluding diaryl/α,β-unsaturated/α-hetero) is 2. The minimum absolute atomic E-state index is 0.0221. The maximum absolute atomic E-state index is 14.8. The number of fused-ring (bicyclic) bond motifs is 13. The van der Waals surface area contributed by atoms with Crippen LogP contribution in [0.2, 0.25) is 0 Å². The number of phenolic OH excluding ortho intramolecular Hbond substituents is 1. The van der Waals surface area contributed by atoms with Crippen LogP contribution in [0.3, 0.4) is 0 Å². The lowest BCUT2D eigenvalue weighted by Crippen LogP contribution is -2.50. The minimum Gasteiger partial charge on any atom is -0.507 e. The summed E-state index contributed by atoms with van der Waals surface area (Å²) in [6.45, 7) is 20.6. The summed E-state index contributed by atoms with van der Waals surface area (Å²) in [5.41, 5.74) is -0.198. The fourth-order valence-corrected chi connectivity index (χ4v) is 10.5. The summed E-state index contributed by atoms with van der Waals surface area (Å²) in [5.74, 6) is -6.79. The van der Waals surface area contributed by atoms with Gasteiger partial charge in [0.05, 0.1) is 41.0 Å². The number of aromatic hydroxyl groups is 1. The number of ether oxygens (including phenoxy) is 3. The van der Waals surface area contributed by atoms with Gasteiger partial charge in [0.1, 0.15) is 35.4 Å². The second kappa shape index (κ2) is 21.8. The van der Waals surface area contributed by atoms with Gasteiger partial charge in [0.25, 0.3) is 11.7 Å². The van der Waals surface area contributed by atoms with E-state index < -0.39 is 83.1 Å². The first kappa shape index (κ1) is 53.4. The van der Waals surface area contributed by atoms with Gasteiger partial charge in [-0.1, -0.05) is 52.8 Å². The average Bonchev–Trinajstić information content (AvgIpc) is 3.83. The lowest BCUT2D eigenvalue weighted by molar-refractivity contribution is -0.159. The number of hydrogen-bond donors (Lipinski definition) is 5. The maximum atomic E-state index is 14.8. The van der Waals surface area contributed by atoms with Crippen LogP contribution in [0.1, 0.15) is 112 Å². The van der Waals surface area contributed by atoms with Gasteiger partial charge in [-0.25, -0.2) is 0 Å². The van der Waals surface area contributed by atoms with Gasteiger partial charge in [0.15, 0.2) is 0 Å². The van der Waals surface area contributed by atoms with Crippen LogP contribution in [0.4, 0.5) is 0 Å². The average molecular weight is 986 g/mol. The first-order valence-electron chi connectivity index (χ1n) is 25.3. The zero-order valence-electron chi connectivity index (χ0n) is 43.2. The van der Waals surface area contributed by atoms with E-state index >= 15 is 0 Å². The number of likely N-dealkylation sites (tertiary alicyclic amines) is 1. The number of phenols is 1. The van der Waals surface area contributed by atoms with Gasteiger partial charge < -0.3 is 54.9 Å². The van der Waals surface area contributed by atoms with Crippen LogP contribution in [-0.2, 0) is 23.9 Å². The molecule has 2 amide bonds. The molecule has 18 heteroatoms. The summed E-state index contributed by atoms with van der Waals surface area (Å²) in [6, 6.07) is 0. The van der Waals surface area contributed by atoms with Crippen molar-refractivity contribution < 1.29 is 53.5 Å². The predicted molar refractivity (Wildman–Crippen MR) is 267 cm³/mol. The molecule has 2 unspecified atom stereocenters. The van der Waals surface area contributed by atoms with Crippen LogP contribution in [0.25, 0.3) is 0 Å². The smallest absolute Gasteiger partial charge is 0.315 e.